The van der Waals surface area contributed by atoms with Gasteiger partial charge in [-0.15, -0.1) is 0 Å². The minimum atomic E-state index is -3.52. The molecule has 1 saturated heterocycles. The fourth-order valence-electron chi connectivity index (χ4n) is 3.67. The number of pyridine rings is 1. The maximum Gasteiger partial charge on any atom is 0.242 e. The smallest absolute Gasteiger partial charge is 0.242 e. The van der Waals surface area contributed by atoms with Crippen molar-refractivity contribution >= 4 is 21.5 Å². The molecule has 9 heteroatoms. The first-order valence-electron chi connectivity index (χ1n) is 10.3. The highest BCUT2D eigenvalue weighted by molar-refractivity contribution is 7.89. The average molecular weight is 439 g/mol. The van der Waals surface area contributed by atoms with Crippen LogP contribution in [0.1, 0.15) is 12.6 Å². The van der Waals surface area contributed by atoms with Crippen LogP contribution in [-0.4, -0.2) is 56.6 Å². The number of nitrogens with zero attached hydrogens (tertiary/aromatic N) is 5. The number of aromatic nitrogens is 3. The lowest BCUT2D eigenvalue weighted by molar-refractivity contribution is 0.586. The fourth-order valence-corrected chi connectivity index (χ4v) is 4.62. The van der Waals surface area contributed by atoms with Crippen LogP contribution >= 0.6 is 0 Å². The number of hydrogen-bond donors (Lipinski definition) is 1. The van der Waals surface area contributed by atoms with E-state index >= 15 is 0 Å². The zero-order valence-electron chi connectivity index (χ0n) is 17.7. The Morgan fingerprint density at radius 1 is 0.968 bits per heavy atom. The van der Waals surface area contributed by atoms with Crippen LogP contribution in [0.2, 0.25) is 0 Å². The molecule has 0 aliphatic carbocycles. The predicted octanol–water partition coefficient (Wildman–Crippen LogP) is 2.34. The van der Waals surface area contributed by atoms with E-state index in [1.165, 1.54) is 7.05 Å². The Balaban J connectivity index is 1.57. The molecule has 31 heavy (non-hydrogen) atoms. The van der Waals surface area contributed by atoms with Gasteiger partial charge in [0.2, 0.25) is 10.0 Å². The van der Waals surface area contributed by atoms with E-state index < -0.39 is 10.0 Å². The molecule has 0 amide bonds. The molecule has 3 aromatic rings. The SMILES string of the molecule is CCc1cc(N2CCN(c3ccccc3S(=O)(=O)NC)CC2)nc(-c2ccccn2)n1. The van der Waals surface area contributed by atoms with Crippen molar-refractivity contribution in [1.29, 1.82) is 0 Å². The quantitative estimate of drug-likeness (QED) is 0.632. The van der Waals surface area contributed by atoms with Gasteiger partial charge in [-0.3, -0.25) is 4.98 Å². The Hall–Kier alpha value is -3.04. The van der Waals surface area contributed by atoms with Crippen molar-refractivity contribution in [3.05, 3.63) is 60.4 Å². The first-order valence-corrected chi connectivity index (χ1v) is 11.8. The number of benzene rings is 1. The van der Waals surface area contributed by atoms with Crippen molar-refractivity contribution in [1.82, 2.24) is 19.7 Å². The molecule has 0 unspecified atom stereocenters. The first kappa shape index (κ1) is 21.2. The van der Waals surface area contributed by atoms with Gasteiger partial charge >= 0.3 is 0 Å². The van der Waals surface area contributed by atoms with Crippen molar-refractivity contribution in [2.45, 2.75) is 18.2 Å². The Kier molecular flexibility index (Phi) is 6.15. The molecule has 0 atom stereocenters. The van der Waals surface area contributed by atoms with Crippen LogP contribution in [-0.2, 0) is 16.4 Å². The predicted molar refractivity (Wildman–Crippen MR) is 122 cm³/mol. The minimum Gasteiger partial charge on any atom is -0.367 e. The van der Waals surface area contributed by atoms with E-state index in [1.807, 2.05) is 36.4 Å². The standard InChI is InChI=1S/C22H26N6O2S/c1-3-17-16-21(26-22(25-17)18-8-6-7-11-24-18)28-14-12-27(13-15-28)19-9-4-5-10-20(19)31(29,30)23-2/h4-11,16,23H,3,12-15H2,1-2H3. The molecule has 8 nitrogen and oxygen atoms in total. The molecule has 1 fully saturated rings. The summed E-state index contributed by atoms with van der Waals surface area (Å²) in [7, 11) is -2.09. The third-order valence-electron chi connectivity index (χ3n) is 5.39. The van der Waals surface area contributed by atoms with Crippen LogP contribution in [0.4, 0.5) is 11.5 Å². The Morgan fingerprint density at radius 2 is 1.68 bits per heavy atom. The average Bonchev–Trinajstić information content (AvgIpc) is 2.84. The highest BCUT2D eigenvalue weighted by atomic mass is 32.2. The van der Waals surface area contributed by atoms with E-state index in [9.17, 15) is 8.42 Å². The number of hydrogen-bond acceptors (Lipinski definition) is 7. The molecule has 162 valence electrons. The molecular formula is C22H26N6O2S. The van der Waals surface area contributed by atoms with Gasteiger partial charge in [0.05, 0.1) is 5.69 Å². The molecule has 1 aliphatic rings. The fraction of sp³-hybridized carbons (Fsp3) is 0.318. The minimum absolute atomic E-state index is 0.304. The lowest BCUT2D eigenvalue weighted by atomic mass is 10.2. The van der Waals surface area contributed by atoms with Gasteiger partial charge in [0.25, 0.3) is 0 Å². The number of rotatable bonds is 6. The molecule has 4 rings (SSSR count). The molecule has 0 radical (unpaired) electrons. The normalized spacial score (nSPS) is 14.6. The highest BCUT2D eigenvalue weighted by Gasteiger charge is 2.24. The van der Waals surface area contributed by atoms with Crippen LogP contribution in [0.5, 0.6) is 0 Å². The summed E-state index contributed by atoms with van der Waals surface area (Å²) in [5.74, 6) is 1.51. The monoisotopic (exact) mass is 438 g/mol. The molecule has 2 aromatic heterocycles. The van der Waals surface area contributed by atoms with Crippen molar-refractivity contribution in [2.24, 2.45) is 0 Å². The second-order valence-electron chi connectivity index (χ2n) is 7.26. The third kappa shape index (κ3) is 4.52. The summed E-state index contributed by atoms with van der Waals surface area (Å²) in [6.07, 6.45) is 2.55. The van der Waals surface area contributed by atoms with Gasteiger partial charge < -0.3 is 9.80 Å². The summed E-state index contributed by atoms with van der Waals surface area (Å²) in [6.45, 7) is 4.93. The van der Waals surface area contributed by atoms with E-state index in [1.54, 1.807) is 18.3 Å². The number of para-hydroxylation sites is 1. The van der Waals surface area contributed by atoms with E-state index in [4.69, 9.17) is 4.98 Å². The number of aryl methyl sites for hydroxylation is 1. The Bertz CT molecular complexity index is 1150. The summed E-state index contributed by atoms with van der Waals surface area (Å²) in [6, 6.07) is 14.9. The molecule has 0 spiro atoms. The zero-order chi connectivity index (χ0) is 21.8. The van der Waals surface area contributed by atoms with Gasteiger partial charge in [-0.05, 0) is 37.7 Å². The van der Waals surface area contributed by atoms with Crippen LogP contribution in [0, 0.1) is 0 Å². The third-order valence-corrected chi connectivity index (χ3v) is 6.85. The van der Waals surface area contributed by atoms with E-state index in [2.05, 4.69) is 31.4 Å². The van der Waals surface area contributed by atoms with E-state index in [0.29, 0.717) is 23.8 Å². The molecule has 0 bridgehead atoms. The topological polar surface area (TPSA) is 91.3 Å². The van der Waals surface area contributed by atoms with Gasteiger partial charge in [0.15, 0.2) is 5.82 Å². The molecule has 3 heterocycles. The second kappa shape index (κ2) is 8.99. The first-order chi connectivity index (χ1) is 15.0. The lowest BCUT2D eigenvalue weighted by Crippen LogP contribution is -2.47. The van der Waals surface area contributed by atoms with Crippen molar-refractivity contribution in [2.75, 3.05) is 43.0 Å². The molecule has 1 aliphatic heterocycles. The van der Waals surface area contributed by atoms with Gasteiger partial charge in [-0.25, -0.2) is 23.1 Å². The summed E-state index contributed by atoms with van der Waals surface area (Å²) in [5, 5.41) is 0. The van der Waals surface area contributed by atoms with E-state index in [0.717, 1.165) is 42.4 Å². The van der Waals surface area contributed by atoms with E-state index in [-0.39, 0.29) is 0 Å². The van der Waals surface area contributed by atoms with Crippen LogP contribution in [0.25, 0.3) is 11.5 Å². The molecule has 1 aromatic carbocycles. The highest BCUT2D eigenvalue weighted by Crippen LogP contribution is 2.27. The molecule has 1 N–H and O–H groups in total. The Labute approximate surface area is 183 Å². The largest absolute Gasteiger partial charge is 0.367 e. The van der Waals surface area contributed by atoms with Gasteiger partial charge in [0, 0.05) is 44.1 Å². The van der Waals surface area contributed by atoms with Gasteiger partial charge in [0.1, 0.15) is 16.4 Å². The van der Waals surface area contributed by atoms with Crippen molar-refractivity contribution in [3.8, 4) is 11.5 Å². The number of anilines is 2. The van der Waals surface area contributed by atoms with Crippen LogP contribution in [0.15, 0.2) is 59.6 Å². The molecule has 0 saturated carbocycles. The lowest BCUT2D eigenvalue weighted by Gasteiger charge is -2.37. The van der Waals surface area contributed by atoms with Crippen LogP contribution in [0.3, 0.4) is 0 Å². The molecular weight excluding hydrogens is 412 g/mol. The van der Waals surface area contributed by atoms with Crippen LogP contribution < -0.4 is 14.5 Å². The Morgan fingerprint density at radius 3 is 2.35 bits per heavy atom. The number of piperazine rings is 1. The summed E-state index contributed by atoms with van der Waals surface area (Å²) < 4.78 is 27.3. The second-order valence-corrected chi connectivity index (χ2v) is 9.11. The zero-order valence-corrected chi connectivity index (χ0v) is 18.5. The van der Waals surface area contributed by atoms with Crippen molar-refractivity contribution < 1.29 is 8.42 Å². The summed E-state index contributed by atoms with van der Waals surface area (Å²) >= 11 is 0. The van der Waals surface area contributed by atoms with Gasteiger partial charge in [-0.2, -0.15) is 0 Å². The van der Waals surface area contributed by atoms with Gasteiger partial charge in [-0.1, -0.05) is 25.1 Å². The van der Waals surface area contributed by atoms with Crippen molar-refractivity contribution in [3.63, 3.8) is 0 Å². The maximum absolute atomic E-state index is 12.4. The number of sulfonamides is 1. The number of nitrogens with one attached hydrogen (secondary N) is 1. The summed E-state index contributed by atoms with van der Waals surface area (Å²) in [4.78, 5) is 18.4. The maximum atomic E-state index is 12.4. The summed E-state index contributed by atoms with van der Waals surface area (Å²) in [5.41, 5.74) is 2.45.